The van der Waals surface area contributed by atoms with Gasteiger partial charge in [0.1, 0.15) is 5.03 Å². The number of rotatable bonds is 2. The normalized spacial score (nSPS) is 10.4. The van der Waals surface area contributed by atoms with Crippen molar-refractivity contribution in [3.8, 4) is 0 Å². The van der Waals surface area contributed by atoms with E-state index in [2.05, 4.69) is 36.8 Å². The molecule has 1 heterocycles. The number of anilines is 1. The van der Waals surface area contributed by atoms with Gasteiger partial charge < -0.3 is 5.73 Å². The fourth-order valence-electron chi connectivity index (χ4n) is 1.13. The first-order valence-electron chi connectivity index (χ1n) is 4.49. The Labute approximate surface area is 115 Å². The maximum absolute atomic E-state index is 5.63. The van der Waals surface area contributed by atoms with Crippen molar-refractivity contribution in [1.82, 2.24) is 4.98 Å². The maximum atomic E-state index is 5.63. The molecule has 0 saturated carbocycles. The van der Waals surface area contributed by atoms with E-state index in [-0.39, 0.29) is 0 Å². The molecule has 0 amide bonds. The van der Waals surface area contributed by atoms with Gasteiger partial charge in [-0.1, -0.05) is 27.7 Å². The second-order valence-electron chi connectivity index (χ2n) is 3.11. The number of nitrogens with zero attached hydrogens (tertiary/aromatic N) is 1. The van der Waals surface area contributed by atoms with Gasteiger partial charge in [0.05, 0.1) is 16.4 Å². The van der Waals surface area contributed by atoms with E-state index < -0.39 is 0 Å². The lowest BCUT2D eigenvalue weighted by Gasteiger charge is -2.04. The molecule has 0 unspecified atom stereocenters. The average Bonchev–Trinajstić information content (AvgIpc) is 2.25. The van der Waals surface area contributed by atoms with Crippen molar-refractivity contribution >= 4 is 49.3 Å². The third-order valence-electron chi connectivity index (χ3n) is 1.86. The molecule has 0 bridgehead atoms. The predicted molar refractivity (Wildman–Crippen MR) is 74.6 cm³/mol. The van der Waals surface area contributed by atoms with Gasteiger partial charge in [-0.05, 0) is 46.3 Å². The molecule has 2 rings (SSSR count). The highest BCUT2D eigenvalue weighted by Gasteiger charge is 2.04. The van der Waals surface area contributed by atoms with E-state index in [0.717, 1.165) is 18.9 Å². The summed E-state index contributed by atoms with van der Waals surface area (Å²) in [6, 6.07) is 9.95. The van der Waals surface area contributed by atoms with E-state index in [1.165, 1.54) is 0 Å². The van der Waals surface area contributed by atoms with Crippen LogP contribution in [-0.4, -0.2) is 4.98 Å². The van der Waals surface area contributed by atoms with Crippen molar-refractivity contribution < 1.29 is 0 Å². The van der Waals surface area contributed by atoms with Crippen LogP contribution in [-0.2, 0) is 0 Å². The van der Waals surface area contributed by atoms with E-state index in [0.29, 0.717) is 5.69 Å². The quantitative estimate of drug-likeness (QED) is 0.866. The zero-order valence-corrected chi connectivity index (χ0v) is 12.1. The van der Waals surface area contributed by atoms with E-state index in [1.807, 2.05) is 30.3 Å². The van der Waals surface area contributed by atoms with Gasteiger partial charge in [-0.2, -0.15) is 0 Å². The molecule has 0 aliphatic heterocycles. The SMILES string of the molecule is Nc1cnc(Sc2ccc(Br)cc2)c(Br)c1. The molecule has 82 valence electrons. The minimum atomic E-state index is 0.659. The molecule has 2 N–H and O–H groups in total. The van der Waals surface area contributed by atoms with Gasteiger partial charge in [0, 0.05) is 9.37 Å². The lowest BCUT2D eigenvalue weighted by Crippen LogP contribution is -1.88. The predicted octanol–water partition coefficient (Wildman–Crippen LogP) is 4.34. The van der Waals surface area contributed by atoms with Crippen LogP contribution >= 0.6 is 43.6 Å². The number of pyridine rings is 1. The monoisotopic (exact) mass is 358 g/mol. The minimum absolute atomic E-state index is 0.659. The Morgan fingerprint density at radius 1 is 1.12 bits per heavy atom. The Morgan fingerprint density at radius 3 is 2.44 bits per heavy atom. The molecule has 0 spiro atoms. The smallest absolute Gasteiger partial charge is 0.115 e. The number of benzene rings is 1. The Kier molecular flexibility index (Phi) is 3.89. The van der Waals surface area contributed by atoms with Crippen molar-refractivity contribution in [2.75, 3.05) is 5.73 Å². The molecular formula is C11H8Br2N2S. The van der Waals surface area contributed by atoms with Crippen molar-refractivity contribution in [3.63, 3.8) is 0 Å². The molecule has 0 aliphatic rings. The third-order valence-corrected chi connectivity index (χ3v) is 4.28. The first kappa shape index (κ1) is 12.0. The summed E-state index contributed by atoms with van der Waals surface area (Å²) in [5.41, 5.74) is 6.29. The second kappa shape index (κ2) is 5.21. The Bertz CT molecular complexity index is 500. The first-order chi connectivity index (χ1) is 7.65. The fourth-order valence-corrected chi connectivity index (χ4v) is 2.76. The highest BCUT2D eigenvalue weighted by molar-refractivity contribution is 9.10. The molecule has 2 aromatic rings. The lowest BCUT2D eigenvalue weighted by molar-refractivity contribution is 1.11. The molecule has 1 aromatic heterocycles. The zero-order chi connectivity index (χ0) is 11.5. The lowest BCUT2D eigenvalue weighted by atomic mass is 10.4. The summed E-state index contributed by atoms with van der Waals surface area (Å²) in [6.07, 6.45) is 1.66. The van der Waals surface area contributed by atoms with Crippen LogP contribution in [0.25, 0.3) is 0 Å². The molecule has 5 heteroatoms. The Balaban J connectivity index is 2.23. The number of hydrogen-bond donors (Lipinski definition) is 1. The van der Waals surface area contributed by atoms with Crippen LogP contribution in [0.1, 0.15) is 0 Å². The molecule has 2 nitrogen and oxygen atoms in total. The molecule has 0 fully saturated rings. The summed E-state index contributed by atoms with van der Waals surface area (Å²) in [5, 5.41) is 0.913. The Hall–Kier alpha value is -0.520. The highest BCUT2D eigenvalue weighted by Crippen LogP contribution is 2.32. The van der Waals surface area contributed by atoms with E-state index in [9.17, 15) is 0 Å². The van der Waals surface area contributed by atoms with Crippen molar-refractivity contribution in [2.45, 2.75) is 9.92 Å². The van der Waals surface area contributed by atoms with Crippen LogP contribution in [0.2, 0.25) is 0 Å². The topological polar surface area (TPSA) is 38.9 Å². The average molecular weight is 360 g/mol. The van der Waals surface area contributed by atoms with Crippen LogP contribution in [0.3, 0.4) is 0 Å². The minimum Gasteiger partial charge on any atom is -0.397 e. The molecular weight excluding hydrogens is 352 g/mol. The molecule has 0 radical (unpaired) electrons. The van der Waals surface area contributed by atoms with Gasteiger partial charge in [-0.3, -0.25) is 0 Å². The van der Waals surface area contributed by atoms with Crippen molar-refractivity contribution in [3.05, 3.63) is 45.5 Å². The van der Waals surface area contributed by atoms with Gasteiger partial charge in [0.2, 0.25) is 0 Å². The second-order valence-corrected chi connectivity index (χ2v) is 5.94. The van der Waals surface area contributed by atoms with Gasteiger partial charge in [-0.15, -0.1) is 0 Å². The highest BCUT2D eigenvalue weighted by atomic mass is 79.9. The third kappa shape index (κ3) is 2.99. The summed E-state index contributed by atoms with van der Waals surface area (Å²) in [6.45, 7) is 0. The first-order valence-corrected chi connectivity index (χ1v) is 6.90. The molecule has 0 aliphatic carbocycles. The number of nitrogen functional groups attached to an aromatic ring is 1. The standard InChI is InChI=1S/C11H8Br2N2S/c12-7-1-3-9(4-2-7)16-11-10(13)5-8(14)6-15-11/h1-6H,14H2. The number of hydrogen-bond acceptors (Lipinski definition) is 3. The van der Waals surface area contributed by atoms with E-state index in [1.54, 1.807) is 18.0 Å². The fraction of sp³-hybridized carbons (Fsp3) is 0. The van der Waals surface area contributed by atoms with Gasteiger partial charge >= 0.3 is 0 Å². The summed E-state index contributed by atoms with van der Waals surface area (Å²) >= 11 is 8.45. The Morgan fingerprint density at radius 2 is 1.81 bits per heavy atom. The van der Waals surface area contributed by atoms with Crippen molar-refractivity contribution in [2.24, 2.45) is 0 Å². The number of aromatic nitrogens is 1. The van der Waals surface area contributed by atoms with E-state index in [4.69, 9.17) is 5.73 Å². The summed E-state index contributed by atoms with van der Waals surface area (Å²) in [7, 11) is 0. The van der Waals surface area contributed by atoms with Crippen LogP contribution in [0, 0.1) is 0 Å². The summed E-state index contributed by atoms with van der Waals surface area (Å²) in [5.74, 6) is 0. The van der Waals surface area contributed by atoms with Gasteiger partial charge in [0.25, 0.3) is 0 Å². The van der Waals surface area contributed by atoms with Crippen LogP contribution < -0.4 is 5.73 Å². The summed E-state index contributed by atoms with van der Waals surface area (Å²) < 4.78 is 1.99. The molecule has 16 heavy (non-hydrogen) atoms. The van der Waals surface area contributed by atoms with Crippen LogP contribution in [0.4, 0.5) is 5.69 Å². The maximum Gasteiger partial charge on any atom is 0.115 e. The molecule has 1 aromatic carbocycles. The van der Waals surface area contributed by atoms with Gasteiger partial charge in [0.15, 0.2) is 0 Å². The van der Waals surface area contributed by atoms with Crippen molar-refractivity contribution in [1.29, 1.82) is 0 Å². The number of nitrogens with two attached hydrogens (primary N) is 1. The molecule has 0 saturated heterocycles. The van der Waals surface area contributed by atoms with Crippen LogP contribution in [0.15, 0.2) is 55.4 Å². The summed E-state index contributed by atoms with van der Waals surface area (Å²) in [4.78, 5) is 5.41. The van der Waals surface area contributed by atoms with Gasteiger partial charge in [-0.25, -0.2) is 4.98 Å². The largest absolute Gasteiger partial charge is 0.397 e. The molecule has 0 atom stereocenters. The van der Waals surface area contributed by atoms with E-state index >= 15 is 0 Å². The number of halogens is 2. The van der Waals surface area contributed by atoms with Crippen LogP contribution in [0.5, 0.6) is 0 Å². The zero-order valence-electron chi connectivity index (χ0n) is 8.15.